The zero-order valence-electron chi connectivity index (χ0n) is 13.1. The number of halogens is 2. The van der Waals surface area contributed by atoms with E-state index in [1.54, 1.807) is 12.1 Å². The number of hydrogen-bond acceptors (Lipinski definition) is 4. The van der Waals surface area contributed by atoms with E-state index in [1.807, 2.05) is 24.3 Å². The molecule has 7 heteroatoms. The van der Waals surface area contributed by atoms with Crippen molar-refractivity contribution in [2.45, 2.75) is 17.7 Å². The van der Waals surface area contributed by atoms with Crippen LogP contribution in [0.1, 0.15) is 11.1 Å². The zero-order valence-corrected chi connectivity index (χ0v) is 15.5. The van der Waals surface area contributed by atoms with Crippen molar-refractivity contribution in [1.82, 2.24) is 0 Å². The molecule has 3 rings (SSSR count). The first-order valence-corrected chi connectivity index (χ1v) is 10.2. The predicted molar refractivity (Wildman–Crippen MR) is 97.1 cm³/mol. The van der Waals surface area contributed by atoms with Crippen LogP contribution in [0.2, 0.25) is 5.02 Å². The summed E-state index contributed by atoms with van der Waals surface area (Å²) in [5.74, 6) is 0.295. The maximum Gasteiger partial charge on any atom is 0.264 e. The third-order valence-corrected chi connectivity index (χ3v) is 5.84. The third-order valence-electron chi connectivity index (χ3n) is 4.24. The van der Waals surface area contributed by atoms with Crippen LogP contribution in [0.3, 0.4) is 0 Å². The molecule has 0 N–H and O–H groups in total. The summed E-state index contributed by atoms with van der Waals surface area (Å²) in [5, 5.41) is 0.707. The summed E-state index contributed by atoms with van der Waals surface area (Å²) in [6.45, 7) is 1.63. The molecule has 4 nitrogen and oxygen atoms in total. The lowest BCUT2D eigenvalue weighted by atomic mass is 10.0. The van der Waals surface area contributed by atoms with Crippen LogP contribution < -0.4 is 9.64 Å². The van der Waals surface area contributed by atoms with E-state index < -0.39 is 9.05 Å². The van der Waals surface area contributed by atoms with Gasteiger partial charge in [-0.15, -0.1) is 0 Å². The Morgan fingerprint density at radius 2 is 1.62 bits per heavy atom. The molecule has 0 radical (unpaired) electrons. The normalized spacial score (nSPS) is 14.9. The number of ether oxygens (including phenoxy) is 1. The molecule has 1 heterocycles. The number of benzene rings is 2. The maximum absolute atomic E-state index is 11.8. The van der Waals surface area contributed by atoms with Gasteiger partial charge in [-0.1, -0.05) is 11.6 Å². The van der Waals surface area contributed by atoms with E-state index in [0.29, 0.717) is 10.8 Å². The van der Waals surface area contributed by atoms with Gasteiger partial charge in [-0.2, -0.15) is 0 Å². The van der Waals surface area contributed by atoms with Crippen molar-refractivity contribution >= 4 is 37.0 Å². The van der Waals surface area contributed by atoms with Crippen LogP contribution in [0.5, 0.6) is 5.75 Å². The lowest BCUT2D eigenvalue weighted by Gasteiger charge is -2.22. The van der Waals surface area contributed by atoms with Gasteiger partial charge < -0.3 is 9.64 Å². The number of methoxy groups -OCH3 is 1. The second kappa shape index (κ2) is 6.82. The minimum absolute atomic E-state index is 0.0327. The highest BCUT2D eigenvalue weighted by molar-refractivity contribution is 8.13. The first-order chi connectivity index (χ1) is 11.4. The standard InChI is InChI=1S/C17H17Cl2NO3S/c1-23-16-10-12-6-8-20(15-4-2-14(18)3-5-15)9-7-13(12)11-17(16)24(19,21)22/h2-5,10-11H,6-9H2,1H3. The molecule has 0 saturated heterocycles. The Morgan fingerprint density at radius 3 is 2.17 bits per heavy atom. The Morgan fingerprint density at radius 1 is 1.04 bits per heavy atom. The highest BCUT2D eigenvalue weighted by Gasteiger charge is 2.22. The Balaban J connectivity index is 1.92. The van der Waals surface area contributed by atoms with E-state index in [-0.39, 0.29) is 4.90 Å². The van der Waals surface area contributed by atoms with Gasteiger partial charge >= 0.3 is 0 Å². The molecule has 0 atom stereocenters. The summed E-state index contributed by atoms with van der Waals surface area (Å²) in [5.41, 5.74) is 3.18. The van der Waals surface area contributed by atoms with E-state index >= 15 is 0 Å². The number of fused-ring (bicyclic) bond motifs is 1. The van der Waals surface area contributed by atoms with Gasteiger partial charge in [0.15, 0.2) is 0 Å². The molecule has 24 heavy (non-hydrogen) atoms. The number of hydrogen-bond donors (Lipinski definition) is 0. The quantitative estimate of drug-likeness (QED) is 0.752. The van der Waals surface area contributed by atoms with Crippen molar-refractivity contribution in [2.75, 3.05) is 25.1 Å². The predicted octanol–water partition coefficient (Wildman–Crippen LogP) is 3.88. The molecular formula is C17H17Cl2NO3S. The number of rotatable bonds is 3. The molecule has 1 aliphatic rings. The van der Waals surface area contributed by atoms with Crippen molar-refractivity contribution in [3.8, 4) is 5.75 Å². The fourth-order valence-corrected chi connectivity index (χ4v) is 4.15. The van der Waals surface area contributed by atoms with Crippen molar-refractivity contribution in [1.29, 1.82) is 0 Å². The average Bonchev–Trinajstić information content (AvgIpc) is 2.75. The van der Waals surface area contributed by atoms with E-state index in [4.69, 9.17) is 27.0 Å². The molecule has 0 saturated carbocycles. The lowest BCUT2D eigenvalue weighted by molar-refractivity contribution is 0.402. The highest BCUT2D eigenvalue weighted by atomic mass is 35.7. The average molecular weight is 386 g/mol. The third kappa shape index (κ3) is 3.63. The van der Waals surface area contributed by atoms with Crippen LogP contribution >= 0.6 is 22.3 Å². The fraction of sp³-hybridized carbons (Fsp3) is 0.294. The van der Waals surface area contributed by atoms with Crippen LogP contribution in [-0.2, 0) is 21.9 Å². The molecule has 2 aromatic rings. The molecule has 0 fully saturated rings. The summed E-state index contributed by atoms with van der Waals surface area (Å²) in [4.78, 5) is 2.29. The summed E-state index contributed by atoms with van der Waals surface area (Å²) in [7, 11) is 3.14. The van der Waals surface area contributed by atoms with Gasteiger partial charge in [-0.25, -0.2) is 8.42 Å². The molecule has 0 bridgehead atoms. The number of nitrogens with zero attached hydrogens (tertiary/aromatic N) is 1. The molecular weight excluding hydrogens is 369 g/mol. The van der Waals surface area contributed by atoms with Crippen LogP contribution in [0.4, 0.5) is 5.69 Å². The van der Waals surface area contributed by atoms with Gasteiger partial charge in [0.05, 0.1) is 7.11 Å². The second-order valence-electron chi connectivity index (χ2n) is 5.67. The van der Waals surface area contributed by atoms with Gasteiger partial charge in [-0.3, -0.25) is 0 Å². The minimum Gasteiger partial charge on any atom is -0.495 e. The SMILES string of the molecule is COc1cc2c(cc1S(=O)(=O)Cl)CCN(c1ccc(Cl)cc1)CC2. The fourth-order valence-electron chi connectivity index (χ4n) is 2.99. The van der Waals surface area contributed by atoms with E-state index in [9.17, 15) is 8.42 Å². The molecule has 0 spiro atoms. The van der Waals surface area contributed by atoms with E-state index in [1.165, 1.54) is 7.11 Å². The first kappa shape index (κ1) is 17.4. The zero-order chi connectivity index (χ0) is 17.3. The molecule has 128 valence electrons. The van der Waals surface area contributed by atoms with Gasteiger partial charge in [0.1, 0.15) is 10.6 Å². The largest absolute Gasteiger partial charge is 0.495 e. The highest BCUT2D eigenvalue weighted by Crippen LogP contribution is 2.32. The summed E-state index contributed by atoms with van der Waals surface area (Å²) < 4.78 is 28.7. The second-order valence-corrected chi connectivity index (χ2v) is 8.64. The van der Waals surface area contributed by atoms with Crippen LogP contribution in [0.15, 0.2) is 41.3 Å². The number of anilines is 1. The molecule has 2 aromatic carbocycles. The molecule has 1 aliphatic heterocycles. The Labute approximate surface area is 151 Å². The van der Waals surface area contributed by atoms with Gasteiger partial charge in [0.25, 0.3) is 9.05 Å². The van der Waals surface area contributed by atoms with Crippen LogP contribution in [-0.4, -0.2) is 28.6 Å². The van der Waals surface area contributed by atoms with Crippen LogP contribution in [0, 0.1) is 0 Å². The lowest BCUT2D eigenvalue weighted by Crippen LogP contribution is -2.25. The molecule has 0 amide bonds. The Kier molecular flexibility index (Phi) is 4.95. The Hall–Kier alpha value is -1.43. The van der Waals surface area contributed by atoms with Gasteiger partial charge in [0, 0.05) is 34.5 Å². The summed E-state index contributed by atoms with van der Waals surface area (Å²) in [6.07, 6.45) is 1.54. The summed E-state index contributed by atoms with van der Waals surface area (Å²) >= 11 is 5.95. The Bertz CT molecular complexity index is 851. The minimum atomic E-state index is -3.84. The van der Waals surface area contributed by atoms with Crippen molar-refractivity contribution in [3.63, 3.8) is 0 Å². The van der Waals surface area contributed by atoms with Crippen LogP contribution in [0.25, 0.3) is 0 Å². The smallest absolute Gasteiger partial charge is 0.264 e. The van der Waals surface area contributed by atoms with E-state index in [2.05, 4.69) is 4.90 Å². The first-order valence-electron chi connectivity index (χ1n) is 7.53. The van der Waals surface area contributed by atoms with E-state index in [0.717, 1.165) is 42.7 Å². The molecule has 0 unspecified atom stereocenters. The van der Waals surface area contributed by atoms with Crippen molar-refractivity contribution in [3.05, 3.63) is 52.5 Å². The summed E-state index contributed by atoms with van der Waals surface area (Å²) in [6, 6.07) is 11.2. The van der Waals surface area contributed by atoms with Crippen molar-refractivity contribution < 1.29 is 13.2 Å². The molecule has 0 aromatic heterocycles. The monoisotopic (exact) mass is 385 g/mol. The van der Waals surface area contributed by atoms with Gasteiger partial charge in [0.2, 0.25) is 0 Å². The molecule has 0 aliphatic carbocycles. The maximum atomic E-state index is 11.8. The topological polar surface area (TPSA) is 46.6 Å². The van der Waals surface area contributed by atoms with Gasteiger partial charge in [-0.05, 0) is 60.4 Å². The van der Waals surface area contributed by atoms with Crippen molar-refractivity contribution in [2.24, 2.45) is 0 Å².